The SMILES string of the molecule is CC1CN(C(=O)NCC2CCC(C(=O)O)CC2)CCC1O. The number of carbonyl (C=O) groups is 2. The fourth-order valence-corrected chi connectivity index (χ4v) is 3.27. The second kappa shape index (κ2) is 7.11. The van der Waals surface area contributed by atoms with Crippen molar-refractivity contribution in [2.45, 2.75) is 45.1 Å². The van der Waals surface area contributed by atoms with Crippen LogP contribution in [0.4, 0.5) is 4.79 Å². The lowest BCUT2D eigenvalue weighted by molar-refractivity contribution is -0.143. The number of aliphatic hydroxyl groups excluding tert-OH is 1. The molecule has 0 spiro atoms. The highest BCUT2D eigenvalue weighted by Gasteiger charge is 2.29. The van der Waals surface area contributed by atoms with E-state index in [0.29, 0.717) is 44.8 Å². The van der Waals surface area contributed by atoms with Gasteiger partial charge in [0.1, 0.15) is 0 Å². The Morgan fingerprint density at radius 2 is 1.86 bits per heavy atom. The van der Waals surface area contributed by atoms with Gasteiger partial charge < -0.3 is 20.4 Å². The van der Waals surface area contributed by atoms with Crippen molar-refractivity contribution in [3.8, 4) is 0 Å². The molecule has 6 heteroatoms. The minimum absolute atomic E-state index is 0.0610. The average molecular weight is 298 g/mol. The van der Waals surface area contributed by atoms with Crippen LogP contribution in [0.5, 0.6) is 0 Å². The van der Waals surface area contributed by atoms with Crippen molar-refractivity contribution in [1.29, 1.82) is 0 Å². The van der Waals surface area contributed by atoms with Crippen LogP contribution in [0.15, 0.2) is 0 Å². The number of nitrogens with zero attached hydrogens (tertiary/aromatic N) is 1. The molecule has 2 aliphatic rings. The van der Waals surface area contributed by atoms with Gasteiger partial charge in [-0.05, 0) is 43.9 Å². The van der Waals surface area contributed by atoms with Crippen molar-refractivity contribution in [3.63, 3.8) is 0 Å². The number of hydrogen-bond donors (Lipinski definition) is 3. The quantitative estimate of drug-likeness (QED) is 0.732. The van der Waals surface area contributed by atoms with E-state index in [0.717, 1.165) is 12.8 Å². The first kappa shape index (κ1) is 16.1. The maximum atomic E-state index is 12.1. The van der Waals surface area contributed by atoms with Crippen LogP contribution >= 0.6 is 0 Å². The second-order valence-electron chi connectivity index (χ2n) is 6.52. The molecule has 2 unspecified atom stereocenters. The zero-order valence-electron chi connectivity index (χ0n) is 12.6. The monoisotopic (exact) mass is 298 g/mol. The smallest absolute Gasteiger partial charge is 0.317 e. The number of rotatable bonds is 3. The number of nitrogens with one attached hydrogen (secondary N) is 1. The van der Waals surface area contributed by atoms with Crippen LogP contribution in [0.25, 0.3) is 0 Å². The van der Waals surface area contributed by atoms with Crippen LogP contribution in [0.3, 0.4) is 0 Å². The normalized spacial score (nSPS) is 33.5. The van der Waals surface area contributed by atoms with Crippen molar-refractivity contribution in [1.82, 2.24) is 10.2 Å². The third-order valence-electron chi connectivity index (χ3n) is 4.89. The van der Waals surface area contributed by atoms with Crippen LogP contribution in [0, 0.1) is 17.8 Å². The molecule has 1 saturated heterocycles. The Kier molecular flexibility index (Phi) is 5.45. The summed E-state index contributed by atoms with van der Waals surface area (Å²) >= 11 is 0. The predicted molar refractivity (Wildman–Crippen MR) is 77.8 cm³/mol. The number of carboxylic acids is 1. The minimum atomic E-state index is -0.696. The van der Waals surface area contributed by atoms with Crippen LogP contribution < -0.4 is 5.32 Å². The standard InChI is InChI=1S/C15H26N2O4/c1-10-9-17(7-6-13(10)18)15(21)16-8-11-2-4-12(5-3-11)14(19)20/h10-13,18H,2-9H2,1H3,(H,16,21)(H,19,20). The Hall–Kier alpha value is -1.30. The van der Waals surface area contributed by atoms with Gasteiger partial charge >= 0.3 is 12.0 Å². The Morgan fingerprint density at radius 1 is 1.19 bits per heavy atom. The summed E-state index contributed by atoms with van der Waals surface area (Å²) in [6.07, 6.45) is 3.49. The molecular weight excluding hydrogens is 272 g/mol. The molecule has 2 rings (SSSR count). The van der Waals surface area contributed by atoms with E-state index in [1.54, 1.807) is 4.90 Å². The first-order chi connectivity index (χ1) is 9.97. The van der Waals surface area contributed by atoms with Gasteiger partial charge in [-0.25, -0.2) is 4.79 Å². The molecule has 1 aliphatic carbocycles. The van der Waals surface area contributed by atoms with Gasteiger partial charge in [-0.3, -0.25) is 4.79 Å². The number of hydrogen-bond acceptors (Lipinski definition) is 3. The third-order valence-corrected chi connectivity index (χ3v) is 4.89. The fraction of sp³-hybridized carbons (Fsp3) is 0.867. The van der Waals surface area contributed by atoms with Crippen molar-refractivity contribution in [2.75, 3.05) is 19.6 Å². The number of piperidine rings is 1. The van der Waals surface area contributed by atoms with Crippen LogP contribution in [0.2, 0.25) is 0 Å². The average Bonchev–Trinajstić information content (AvgIpc) is 2.48. The first-order valence-corrected chi connectivity index (χ1v) is 7.91. The van der Waals surface area contributed by atoms with Gasteiger partial charge in [0.05, 0.1) is 12.0 Å². The third kappa shape index (κ3) is 4.33. The summed E-state index contributed by atoms with van der Waals surface area (Å²) in [4.78, 5) is 24.8. The van der Waals surface area contributed by atoms with E-state index < -0.39 is 5.97 Å². The summed E-state index contributed by atoms with van der Waals surface area (Å²) in [6.45, 7) is 3.78. The van der Waals surface area contributed by atoms with E-state index in [4.69, 9.17) is 5.11 Å². The molecule has 0 aromatic heterocycles. The first-order valence-electron chi connectivity index (χ1n) is 7.91. The van der Waals surface area contributed by atoms with Gasteiger partial charge in [-0.15, -0.1) is 0 Å². The van der Waals surface area contributed by atoms with Gasteiger partial charge in [0.15, 0.2) is 0 Å². The van der Waals surface area contributed by atoms with E-state index in [-0.39, 0.29) is 24.0 Å². The predicted octanol–water partition coefficient (Wildman–Crippen LogP) is 1.29. The lowest BCUT2D eigenvalue weighted by Crippen LogP contribution is -2.49. The van der Waals surface area contributed by atoms with Crippen molar-refractivity contribution in [3.05, 3.63) is 0 Å². The molecule has 1 aliphatic heterocycles. The highest BCUT2D eigenvalue weighted by Crippen LogP contribution is 2.28. The maximum Gasteiger partial charge on any atom is 0.317 e. The van der Waals surface area contributed by atoms with Crippen molar-refractivity contribution >= 4 is 12.0 Å². The van der Waals surface area contributed by atoms with Gasteiger partial charge in [0, 0.05) is 19.6 Å². The molecule has 2 amide bonds. The van der Waals surface area contributed by atoms with Crippen molar-refractivity contribution < 1.29 is 19.8 Å². The van der Waals surface area contributed by atoms with E-state index >= 15 is 0 Å². The number of carbonyl (C=O) groups excluding carboxylic acids is 1. The van der Waals surface area contributed by atoms with Gasteiger partial charge in [-0.2, -0.15) is 0 Å². The number of carboxylic acid groups (broad SMARTS) is 1. The molecule has 120 valence electrons. The van der Waals surface area contributed by atoms with Crippen molar-refractivity contribution in [2.24, 2.45) is 17.8 Å². The van der Waals surface area contributed by atoms with E-state index in [1.165, 1.54) is 0 Å². The molecule has 1 heterocycles. The molecule has 0 aromatic carbocycles. The molecule has 6 nitrogen and oxygen atoms in total. The molecular formula is C15H26N2O4. The topological polar surface area (TPSA) is 89.9 Å². The van der Waals surface area contributed by atoms with E-state index in [1.807, 2.05) is 6.92 Å². The minimum Gasteiger partial charge on any atom is -0.481 e. The molecule has 0 bridgehead atoms. The number of amides is 2. The van der Waals surface area contributed by atoms with Gasteiger partial charge in [0.2, 0.25) is 0 Å². The zero-order valence-corrected chi connectivity index (χ0v) is 12.6. The van der Waals surface area contributed by atoms with Gasteiger partial charge in [0.25, 0.3) is 0 Å². The summed E-state index contributed by atoms with van der Waals surface area (Å²) < 4.78 is 0. The Balaban J connectivity index is 1.69. The number of urea groups is 1. The summed E-state index contributed by atoms with van der Waals surface area (Å²) in [6, 6.07) is -0.0610. The largest absolute Gasteiger partial charge is 0.481 e. The summed E-state index contributed by atoms with van der Waals surface area (Å²) in [5.41, 5.74) is 0. The summed E-state index contributed by atoms with van der Waals surface area (Å²) in [5, 5.41) is 21.6. The highest BCUT2D eigenvalue weighted by atomic mass is 16.4. The lowest BCUT2D eigenvalue weighted by atomic mass is 9.82. The Morgan fingerprint density at radius 3 is 2.43 bits per heavy atom. The molecule has 2 atom stereocenters. The van der Waals surface area contributed by atoms with Crippen LogP contribution in [-0.2, 0) is 4.79 Å². The highest BCUT2D eigenvalue weighted by molar-refractivity contribution is 5.74. The van der Waals surface area contributed by atoms with Crippen LogP contribution in [-0.4, -0.2) is 52.9 Å². The number of likely N-dealkylation sites (tertiary alicyclic amines) is 1. The lowest BCUT2D eigenvalue weighted by Gasteiger charge is -2.35. The molecule has 21 heavy (non-hydrogen) atoms. The Bertz CT molecular complexity index is 380. The van der Waals surface area contributed by atoms with E-state index in [2.05, 4.69) is 5.32 Å². The van der Waals surface area contributed by atoms with Crippen LogP contribution in [0.1, 0.15) is 39.0 Å². The summed E-state index contributed by atoms with van der Waals surface area (Å²) in [7, 11) is 0. The second-order valence-corrected chi connectivity index (χ2v) is 6.52. The van der Waals surface area contributed by atoms with Gasteiger partial charge in [-0.1, -0.05) is 6.92 Å². The molecule has 0 radical (unpaired) electrons. The number of aliphatic carboxylic acids is 1. The Labute approximate surface area is 125 Å². The molecule has 0 aromatic rings. The maximum absolute atomic E-state index is 12.1. The molecule has 2 fully saturated rings. The fourth-order valence-electron chi connectivity index (χ4n) is 3.27. The zero-order chi connectivity index (χ0) is 15.4. The van der Waals surface area contributed by atoms with E-state index in [9.17, 15) is 14.7 Å². The number of aliphatic hydroxyl groups is 1. The summed E-state index contributed by atoms with van der Waals surface area (Å²) in [5.74, 6) is -0.396. The molecule has 1 saturated carbocycles. The molecule has 3 N–H and O–H groups in total.